The molecule has 0 aliphatic heterocycles. The molecule has 144 valence electrons. The van der Waals surface area contributed by atoms with E-state index in [1.165, 1.54) is 0 Å². The lowest BCUT2D eigenvalue weighted by molar-refractivity contribution is 0.102. The molecule has 28 heavy (non-hydrogen) atoms. The second kappa shape index (κ2) is 8.77. The Balaban J connectivity index is 1.73. The number of anilines is 3. The number of rotatable bonds is 7. The lowest BCUT2D eigenvalue weighted by Crippen LogP contribution is -2.14. The molecule has 7 nitrogen and oxygen atoms in total. The molecule has 0 radical (unpaired) electrons. The summed E-state index contributed by atoms with van der Waals surface area (Å²) in [6.07, 6.45) is 1.58. The van der Waals surface area contributed by atoms with Gasteiger partial charge in [0.2, 0.25) is 0 Å². The van der Waals surface area contributed by atoms with Crippen LogP contribution in [0.4, 0.5) is 17.1 Å². The number of hydrogen-bond donors (Lipinski definition) is 2. The van der Waals surface area contributed by atoms with E-state index in [1.807, 2.05) is 24.3 Å². The van der Waals surface area contributed by atoms with Crippen LogP contribution < -0.4 is 24.8 Å². The maximum atomic E-state index is 12.6. The van der Waals surface area contributed by atoms with E-state index in [-0.39, 0.29) is 11.6 Å². The van der Waals surface area contributed by atoms with Crippen molar-refractivity contribution in [3.8, 4) is 17.2 Å². The third kappa shape index (κ3) is 4.50. The van der Waals surface area contributed by atoms with Crippen molar-refractivity contribution >= 4 is 23.0 Å². The molecule has 0 bridgehead atoms. The van der Waals surface area contributed by atoms with Crippen molar-refractivity contribution in [1.29, 1.82) is 0 Å². The van der Waals surface area contributed by atoms with Crippen molar-refractivity contribution in [1.82, 2.24) is 4.98 Å². The van der Waals surface area contributed by atoms with Gasteiger partial charge in [0, 0.05) is 29.3 Å². The SMILES string of the molecule is COc1ccc(Nc2ccnc(C(=O)Nc3ccc(OC)c(OC)c3)c2)cc1. The second-order valence-corrected chi connectivity index (χ2v) is 5.81. The summed E-state index contributed by atoms with van der Waals surface area (Å²) in [6, 6.07) is 16.1. The molecular formula is C21H21N3O4. The van der Waals surface area contributed by atoms with E-state index in [2.05, 4.69) is 15.6 Å². The zero-order chi connectivity index (χ0) is 19.9. The van der Waals surface area contributed by atoms with E-state index in [4.69, 9.17) is 14.2 Å². The van der Waals surface area contributed by atoms with Gasteiger partial charge in [0.15, 0.2) is 11.5 Å². The molecule has 0 spiro atoms. The number of carbonyl (C=O) groups excluding carboxylic acids is 1. The maximum Gasteiger partial charge on any atom is 0.274 e. The molecule has 0 saturated carbocycles. The zero-order valence-electron chi connectivity index (χ0n) is 15.9. The van der Waals surface area contributed by atoms with E-state index in [0.29, 0.717) is 17.2 Å². The number of benzene rings is 2. The largest absolute Gasteiger partial charge is 0.497 e. The number of aromatic nitrogens is 1. The molecule has 0 unspecified atom stereocenters. The number of carbonyl (C=O) groups is 1. The van der Waals surface area contributed by atoms with Gasteiger partial charge in [-0.05, 0) is 48.5 Å². The third-order valence-corrected chi connectivity index (χ3v) is 4.01. The van der Waals surface area contributed by atoms with Gasteiger partial charge in [0.1, 0.15) is 11.4 Å². The molecule has 0 aliphatic rings. The molecule has 1 aromatic heterocycles. The molecule has 3 rings (SSSR count). The quantitative estimate of drug-likeness (QED) is 0.643. The fourth-order valence-corrected chi connectivity index (χ4v) is 2.58. The normalized spacial score (nSPS) is 10.1. The summed E-state index contributed by atoms with van der Waals surface area (Å²) in [5.41, 5.74) is 2.49. The van der Waals surface area contributed by atoms with Crippen molar-refractivity contribution in [3.63, 3.8) is 0 Å². The molecule has 3 aromatic rings. The highest BCUT2D eigenvalue weighted by molar-refractivity contribution is 6.03. The third-order valence-electron chi connectivity index (χ3n) is 4.01. The summed E-state index contributed by atoms with van der Waals surface area (Å²) >= 11 is 0. The minimum absolute atomic E-state index is 0.285. The number of nitrogens with one attached hydrogen (secondary N) is 2. The molecule has 1 heterocycles. The van der Waals surface area contributed by atoms with Gasteiger partial charge in [-0.3, -0.25) is 9.78 Å². The van der Waals surface area contributed by atoms with E-state index < -0.39 is 0 Å². The van der Waals surface area contributed by atoms with Gasteiger partial charge in [-0.25, -0.2) is 0 Å². The topological polar surface area (TPSA) is 81.7 Å². The number of amides is 1. The molecule has 0 fully saturated rings. The number of methoxy groups -OCH3 is 3. The van der Waals surface area contributed by atoms with Gasteiger partial charge in [0.05, 0.1) is 21.3 Å². The van der Waals surface area contributed by atoms with Crippen LogP contribution >= 0.6 is 0 Å². The lowest BCUT2D eigenvalue weighted by Gasteiger charge is -2.11. The first-order valence-electron chi connectivity index (χ1n) is 8.53. The Bertz CT molecular complexity index is 958. The van der Waals surface area contributed by atoms with Crippen LogP contribution in [0.25, 0.3) is 0 Å². The van der Waals surface area contributed by atoms with Crippen LogP contribution in [0.5, 0.6) is 17.2 Å². The van der Waals surface area contributed by atoms with Crippen molar-refractivity contribution in [3.05, 3.63) is 66.5 Å². The van der Waals surface area contributed by atoms with Crippen molar-refractivity contribution < 1.29 is 19.0 Å². The molecular weight excluding hydrogens is 358 g/mol. The summed E-state index contributed by atoms with van der Waals surface area (Å²) in [6.45, 7) is 0. The highest BCUT2D eigenvalue weighted by atomic mass is 16.5. The summed E-state index contributed by atoms with van der Waals surface area (Å²) in [4.78, 5) is 16.7. The Labute approximate surface area is 163 Å². The fourth-order valence-electron chi connectivity index (χ4n) is 2.58. The molecule has 2 N–H and O–H groups in total. The first kappa shape index (κ1) is 19.0. The standard InChI is InChI=1S/C21H21N3O4/c1-26-17-7-4-14(5-8-17)23-16-10-11-22-18(12-16)21(25)24-15-6-9-19(27-2)20(13-15)28-3/h4-13H,1-3H3,(H,22,23)(H,24,25). The Hall–Kier alpha value is -3.74. The summed E-state index contributed by atoms with van der Waals surface area (Å²) in [5.74, 6) is 1.56. The molecule has 1 amide bonds. The Morgan fingerprint density at radius 3 is 2.18 bits per heavy atom. The van der Waals surface area contributed by atoms with Gasteiger partial charge >= 0.3 is 0 Å². The van der Waals surface area contributed by atoms with Crippen LogP contribution in [0.15, 0.2) is 60.8 Å². The van der Waals surface area contributed by atoms with Crippen LogP contribution in [0.2, 0.25) is 0 Å². The van der Waals surface area contributed by atoms with E-state index in [0.717, 1.165) is 17.1 Å². The zero-order valence-corrected chi connectivity index (χ0v) is 15.9. The van der Waals surface area contributed by atoms with Crippen LogP contribution in [-0.4, -0.2) is 32.2 Å². The summed E-state index contributed by atoms with van der Waals surface area (Å²) < 4.78 is 15.6. The van der Waals surface area contributed by atoms with Crippen molar-refractivity contribution in [2.45, 2.75) is 0 Å². The molecule has 2 aromatic carbocycles. The minimum atomic E-state index is -0.328. The van der Waals surface area contributed by atoms with Gasteiger partial charge in [-0.15, -0.1) is 0 Å². The number of hydrogen-bond acceptors (Lipinski definition) is 6. The molecule has 0 aliphatic carbocycles. The molecule has 0 saturated heterocycles. The van der Waals surface area contributed by atoms with E-state index in [1.54, 1.807) is 57.9 Å². The minimum Gasteiger partial charge on any atom is -0.497 e. The van der Waals surface area contributed by atoms with Crippen LogP contribution in [0.3, 0.4) is 0 Å². The van der Waals surface area contributed by atoms with Gasteiger partial charge in [-0.1, -0.05) is 0 Å². The average Bonchev–Trinajstić information content (AvgIpc) is 2.74. The monoisotopic (exact) mass is 379 g/mol. The Morgan fingerprint density at radius 2 is 1.50 bits per heavy atom. The number of pyridine rings is 1. The Morgan fingerprint density at radius 1 is 0.786 bits per heavy atom. The van der Waals surface area contributed by atoms with Crippen LogP contribution in [-0.2, 0) is 0 Å². The molecule has 0 atom stereocenters. The number of ether oxygens (including phenoxy) is 3. The molecule has 7 heteroatoms. The first-order chi connectivity index (χ1) is 13.6. The second-order valence-electron chi connectivity index (χ2n) is 5.81. The van der Waals surface area contributed by atoms with Gasteiger partial charge in [-0.2, -0.15) is 0 Å². The van der Waals surface area contributed by atoms with Gasteiger partial charge < -0.3 is 24.8 Å². The number of nitrogens with zero attached hydrogens (tertiary/aromatic N) is 1. The summed E-state index contributed by atoms with van der Waals surface area (Å²) in [5, 5.41) is 6.04. The first-order valence-corrected chi connectivity index (χ1v) is 8.53. The van der Waals surface area contributed by atoms with Gasteiger partial charge in [0.25, 0.3) is 5.91 Å². The van der Waals surface area contributed by atoms with Crippen LogP contribution in [0.1, 0.15) is 10.5 Å². The summed E-state index contributed by atoms with van der Waals surface area (Å²) in [7, 11) is 4.72. The fraction of sp³-hybridized carbons (Fsp3) is 0.143. The van der Waals surface area contributed by atoms with Crippen molar-refractivity contribution in [2.75, 3.05) is 32.0 Å². The predicted molar refractivity (Wildman–Crippen MR) is 108 cm³/mol. The smallest absolute Gasteiger partial charge is 0.274 e. The lowest BCUT2D eigenvalue weighted by atomic mass is 10.2. The average molecular weight is 379 g/mol. The highest BCUT2D eigenvalue weighted by Crippen LogP contribution is 2.30. The van der Waals surface area contributed by atoms with E-state index in [9.17, 15) is 4.79 Å². The highest BCUT2D eigenvalue weighted by Gasteiger charge is 2.11. The Kier molecular flexibility index (Phi) is 5.96. The van der Waals surface area contributed by atoms with Crippen molar-refractivity contribution in [2.24, 2.45) is 0 Å². The predicted octanol–water partition coefficient (Wildman–Crippen LogP) is 4.10. The van der Waals surface area contributed by atoms with Crippen LogP contribution in [0, 0.1) is 0 Å². The van der Waals surface area contributed by atoms with E-state index >= 15 is 0 Å². The maximum absolute atomic E-state index is 12.6.